The van der Waals surface area contributed by atoms with E-state index in [2.05, 4.69) is 31.8 Å². The molecule has 0 bridgehead atoms. The number of nitrogens with zero attached hydrogens (tertiary/aromatic N) is 1. The Morgan fingerprint density at radius 2 is 1.58 bits per heavy atom. The molecule has 2 N–H and O–H groups in total. The minimum Gasteiger partial charge on any atom is -0.490 e. The molecule has 0 saturated heterocycles. The molecule has 0 aromatic heterocycles. The van der Waals surface area contributed by atoms with E-state index in [1.807, 2.05) is 76.2 Å². The van der Waals surface area contributed by atoms with Gasteiger partial charge < -0.3 is 24.3 Å². The monoisotopic (exact) mass is 673 g/mol. The summed E-state index contributed by atoms with van der Waals surface area (Å²) < 4.78 is 23.8. The first kappa shape index (κ1) is 33.1. The molecule has 0 radical (unpaired) electrons. The van der Waals surface area contributed by atoms with Crippen LogP contribution in [-0.4, -0.2) is 37.8 Å². The van der Waals surface area contributed by atoms with Crippen molar-refractivity contribution >= 4 is 39.6 Å². The SMILES string of the molecule is CCOc1cc(C(=O)N/N=C/c2cc(Br)c(OCC(=O)Nc3ccc(C)cc3C)c(OCC)c2)ccc1OCc1ccccc1. The highest BCUT2D eigenvalue weighted by atomic mass is 79.9. The van der Waals surface area contributed by atoms with Crippen molar-refractivity contribution in [2.24, 2.45) is 5.10 Å². The van der Waals surface area contributed by atoms with Crippen molar-refractivity contribution in [2.75, 3.05) is 25.1 Å². The number of halogens is 1. The minimum absolute atomic E-state index is 0.213. The first-order valence-electron chi connectivity index (χ1n) is 14.5. The lowest BCUT2D eigenvalue weighted by atomic mass is 10.1. The van der Waals surface area contributed by atoms with E-state index >= 15 is 0 Å². The molecule has 2 amide bonds. The third-order valence-corrected chi connectivity index (χ3v) is 7.05. The topological polar surface area (TPSA) is 107 Å². The Hall–Kier alpha value is -4.83. The molecule has 0 unspecified atom stereocenters. The molecule has 45 heavy (non-hydrogen) atoms. The van der Waals surface area contributed by atoms with E-state index in [-0.39, 0.29) is 12.5 Å². The van der Waals surface area contributed by atoms with E-state index in [9.17, 15) is 9.59 Å². The van der Waals surface area contributed by atoms with Gasteiger partial charge >= 0.3 is 0 Å². The average Bonchev–Trinajstić information content (AvgIpc) is 3.02. The van der Waals surface area contributed by atoms with E-state index < -0.39 is 5.91 Å². The van der Waals surface area contributed by atoms with Crippen LogP contribution in [0.4, 0.5) is 5.69 Å². The second-order valence-corrected chi connectivity index (χ2v) is 10.8. The number of benzene rings is 4. The van der Waals surface area contributed by atoms with Crippen LogP contribution in [0.3, 0.4) is 0 Å². The molecule has 0 saturated carbocycles. The molecule has 9 nitrogen and oxygen atoms in total. The van der Waals surface area contributed by atoms with Gasteiger partial charge in [0, 0.05) is 11.3 Å². The fourth-order valence-electron chi connectivity index (χ4n) is 4.35. The van der Waals surface area contributed by atoms with Crippen LogP contribution in [0.5, 0.6) is 23.0 Å². The number of carbonyl (C=O) groups excluding carboxylic acids is 2. The van der Waals surface area contributed by atoms with Crippen molar-refractivity contribution in [1.29, 1.82) is 0 Å². The first-order chi connectivity index (χ1) is 21.8. The molecule has 4 aromatic carbocycles. The number of nitrogens with one attached hydrogen (secondary N) is 2. The fourth-order valence-corrected chi connectivity index (χ4v) is 4.92. The molecule has 234 valence electrons. The van der Waals surface area contributed by atoms with Gasteiger partial charge in [0.15, 0.2) is 29.6 Å². The zero-order chi connectivity index (χ0) is 32.2. The Morgan fingerprint density at radius 3 is 2.31 bits per heavy atom. The van der Waals surface area contributed by atoms with Gasteiger partial charge in [-0.3, -0.25) is 9.59 Å². The van der Waals surface area contributed by atoms with E-state index in [0.717, 1.165) is 22.4 Å². The van der Waals surface area contributed by atoms with Gasteiger partial charge in [-0.25, -0.2) is 5.43 Å². The Labute approximate surface area is 271 Å². The molecular formula is C35H36BrN3O6. The highest BCUT2D eigenvalue weighted by Gasteiger charge is 2.15. The number of hydrogen-bond acceptors (Lipinski definition) is 7. The Balaban J connectivity index is 1.39. The van der Waals surface area contributed by atoms with Gasteiger partial charge in [-0.15, -0.1) is 0 Å². The molecule has 0 atom stereocenters. The highest BCUT2D eigenvalue weighted by molar-refractivity contribution is 9.10. The van der Waals surface area contributed by atoms with Crippen LogP contribution in [0.1, 0.15) is 46.5 Å². The predicted molar refractivity (Wildman–Crippen MR) is 179 cm³/mol. The summed E-state index contributed by atoms with van der Waals surface area (Å²) in [6, 6.07) is 24.1. The predicted octanol–water partition coefficient (Wildman–Crippen LogP) is 7.22. The van der Waals surface area contributed by atoms with Crippen LogP contribution >= 0.6 is 15.9 Å². The van der Waals surface area contributed by atoms with Crippen molar-refractivity contribution in [3.8, 4) is 23.0 Å². The van der Waals surface area contributed by atoms with Crippen LogP contribution in [0.2, 0.25) is 0 Å². The molecule has 0 aliphatic heterocycles. The van der Waals surface area contributed by atoms with Crippen molar-refractivity contribution in [3.05, 3.63) is 111 Å². The summed E-state index contributed by atoms with van der Waals surface area (Å²) in [7, 11) is 0. The minimum atomic E-state index is -0.416. The molecule has 0 fully saturated rings. The Bertz CT molecular complexity index is 1660. The van der Waals surface area contributed by atoms with Crippen molar-refractivity contribution in [1.82, 2.24) is 5.43 Å². The summed E-state index contributed by atoms with van der Waals surface area (Å²) in [6.07, 6.45) is 1.49. The molecular weight excluding hydrogens is 638 g/mol. The number of aryl methyl sites for hydroxylation is 2. The third kappa shape index (κ3) is 9.58. The summed E-state index contributed by atoms with van der Waals surface area (Å²) in [5.41, 5.74) is 7.38. The summed E-state index contributed by atoms with van der Waals surface area (Å²) in [5.74, 6) is 1.10. The molecule has 0 spiro atoms. The maximum Gasteiger partial charge on any atom is 0.271 e. The van der Waals surface area contributed by atoms with Gasteiger partial charge in [-0.2, -0.15) is 5.10 Å². The largest absolute Gasteiger partial charge is 0.490 e. The molecule has 0 aliphatic rings. The van der Waals surface area contributed by atoms with Gasteiger partial charge in [0.05, 0.1) is 23.9 Å². The number of hydrogen-bond donors (Lipinski definition) is 2. The molecule has 4 aromatic rings. The second kappa shape index (κ2) is 16.3. The van der Waals surface area contributed by atoms with Crippen molar-refractivity contribution in [3.63, 3.8) is 0 Å². The fraction of sp³-hybridized carbons (Fsp3) is 0.229. The van der Waals surface area contributed by atoms with Crippen molar-refractivity contribution < 1.29 is 28.5 Å². The van der Waals surface area contributed by atoms with E-state index in [1.165, 1.54) is 6.21 Å². The summed E-state index contributed by atoms with van der Waals surface area (Å²) in [4.78, 5) is 25.5. The number of carbonyl (C=O) groups is 2. The number of hydrazone groups is 1. The zero-order valence-electron chi connectivity index (χ0n) is 25.7. The van der Waals surface area contributed by atoms with Gasteiger partial charge in [0.2, 0.25) is 0 Å². The molecule has 0 heterocycles. The van der Waals surface area contributed by atoms with Gasteiger partial charge in [0.25, 0.3) is 11.8 Å². The van der Waals surface area contributed by atoms with Gasteiger partial charge in [-0.05, 0) is 96.7 Å². The van der Waals surface area contributed by atoms with E-state index in [0.29, 0.717) is 58.4 Å². The number of rotatable bonds is 14. The third-order valence-electron chi connectivity index (χ3n) is 6.46. The summed E-state index contributed by atoms with van der Waals surface area (Å²) >= 11 is 3.51. The van der Waals surface area contributed by atoms with E-state index in [4.69, 9.17) is 18.9 Å². The second-order valence-electron chi connectivity index (χ2n) is 9.99. The van der Waals surface area contributed by atoms with E-state index in [1.54, 1.807) is 30.3 Å². The Kier molecular flexibility index (Phi) is 12.0. The maximum atomic E-state index is 12.9. The lowest BCUT2D eigenvalue weighted by Crippen LogP contribution is -2.21. The summed E-state index contributed by atoms with van der Waals surface area (Å²) in [5, 5.41) is 6.99. The summed E-state index contributed by atoms with van der Waals surface area (Å²) in [6.45, 7) is 8.60. The first-order valence-corrected chi connectivity index (χ1v) is 15.3. The maximum absolute atomic E-state index is 12.9. The lowest BCUT2D eigenvalue weighted by molar-refractivity contribution is -0.118. The van der Waals surface area contributed by atoms with Crippen LogP contribution in [0, 0.1) is 13.8 Å². The van der Waals surface area contributed by atoms with Crippen LogP contribution in [0.25, 0.3) is 0 Å². The van der Waals surface area contributed by atoms with Gasteiger partial charge in [0.1, 0.15) is 6.61 Å². The highest BCUT2D eigenvalue weighted by Crippen LogP contribution is 2.37. The normalized spacial score (nSPS) is 10.8. The zero-order valence-corrected chi connectivity index (χ0v) is 27.3. The van der Waals surface area contributed by atoms with Crippen LogP contribution in [0.15, 0.2) is 88.4 Å². The smallest absolute Gasteiger partial charge is 0.271 e. The molecule has 4 rings (SSSR count). The average molecular weight is 675 g/mol. The molecule has 10 heteroatoms. The standard InChI is InChI=1S/C35H36BrN3O6/c1-5-42-31-19-27(13-15-30(31)44-21-25-10-8-7-9-11-25)35(41)39-37-20-26-17-28(36)34(32(18-26)43-6-2)45-22-33(40)38-29-14-12-23(3)16-24(29)4/h7-20H,5-6,21-22H2,1-4H3,(H,38,40)(H,39,41)/b37-20+. The number of ether oxygens (including phenoxy) is 4. The number of amides is 2. The van der Waals surface area contributed by atoms with Crippen LogP contribution < -0.4 is 29.7 Å². The molecule has 0 aliphatic carbocycles. The Morgan fingerprint density at radius 1 is 0.822 bits per heavy atom. The number of anilines is 1. The van der Waals surface area contributed by atoms with Gasteiger partial charge in [-0.1, -0.05) is 48.0 Å². The quantitative estimate of drug-likeness (QED) is 0.108. The van der Waals surface area contributed by atoms with Crippen molar-refractivity contribution in [2.45, 2.75) is 34.3 Å². The van der Waals surface area contributed by atoms with Crippen LogP contribution in [-0.2, 0) is 11.4 Å². The lowest BCUT2D eigenvalue weighted by Gasteiger charge is -2.15.